The van der Waals surface area contributed by atoms with E-state index in [9.17, 15) is 9.59 Å². The van der Waals surface area contributed by atoms with Gasteiger partial charge in [-0.25, -0.2) is 0 Å². The quantitative estimate of drug-likeness (QED) is 0.862. The van der Waals surface area contributed by atoms with Crippen LogP contribution in [0.4, 0.5) is 0 Å². The van der Waals surface area contributed by atoms with E-state index in [-0.39, 0.29) is 12.3 Å². The lowest BCUT2D eigenvalue weighted by Crippen LogP contribution is -2.30. The summed E-state index contributed by atoms with van der Waals surface area (Å²) in [6.07, 6.45) is 2.72. The minimum absolute atomic E-state index is 0.0101. The van der Waals surface area contributed by atoms with Crippen LogP contribution in [0.2, 0.25) is 5.02 Å². The van der Waals surface area contributed by atoms with Crippen molar-refractivity contribution in [2.45, 2.75) is 12.5 Å². The summed E-state index contributed by atoms with van der Waals surface area (Å²) in [5.41, 5.74) is 1.03. The highest BCUT2D eigenvalue weighted by Gasteiger charge is 2.21. The third kappa shape index (κ3) is 3.86. The summed E-state index contributed by atoms with van der Waals surface area (Å²) in [6.45, 7) is 0. The second kappa shape index (κ2) is 6.95. The number of benzene rings is 1. The molecule has 0 aliphatic heterocycles. The highest BCUT2D eigenvalue weighted by atomic mass is 35.5. The lowest BCUT2D eigenvalue weighted by Gasteiger charge is -2.19. The van der Waals surface area contributed by atoms with Crippen molar-refractivity contribution in [2.75, 3.05) is 7.11 Å². The molecule has 1 aromatic carbocycles. The Balaban J connectivity index is 2.22. The molecule has 21 heavy (non-hydrogen) atoms. The van der Waals surface area contributed by atoms with Gasteiger partial charge >= 0.3 is 5.97 Å². The molecule has 1 heterocycles. The fourth-order valence-electron chi connectivity index (χ4n) is 1.88. The van der Waals surface area contributed by atoms with Crippen molar-refractivity contribution in [3.05, 3.63) is 59.0 Å². The van der Waals surface area contributed by atoms with E-state index < -0.39 is 12.0 Å². The summed E-state index contributed by atoms with van der Waals surface area (Å²) in [5.74, 6) is -0.787. The first-order valence-corrected chi connectivity index (χ1v) is 6.64. The van der Waals surface area contributed by atoms with E-state index in [1.165, 1.54) is 25.7 Å². The van der Waals surface area contributed by atoms with Gasteiger partial charge in [0, 0.05) is 5.02 Å². The minimum atomic E-state index is -0.575. The number of methoxy groups -OCH3 is 1. The molecule has 1 N–H and O–H groups in total. The van der Waals surface area contributed by atoms with Crippen LogP contribution in [0.15, 0.2) is 47.3 Å². The average Bonchev–Trinajstić information content (AvgIpc) is 3.01. The summed E-state index contributed by atoms with van der Waals surface area (Å²) in [5, 5.41) is 3.23. The Morgan fingerprint density at radius 1 is 1.33 bits per heavy atom. The van der Waals surface area contributed by atoms with Gasteiger partial charge in [-0.05, 0) is 17.7 Å². The number of amides is 1. The topological polar surface area (TPSA) is 68.5 Å². The van der Waals surface area contributed by atoms with Gasteiger partial charge in [-0.2, -0.15) is 0 Å². The molecule has 0 unspecified atom stereocenters. The minimum Gasteiger partial charge on any atom is -0.472 e. The van der Waals surface area contributed by atoms with Crippen LogP contribution in [-0.4, -0.2) is 19.0 Å². The molecule has 0 saturated heterocycles. The average molecular weight is 308 g/mol. The Hall–Kier alpha value is -2.27. The highest BCUT2D eigenvalue weighted by Crippen LogP contribution is 2.25. The van der Waals surface area contributed by atoms with Crippen LogP contribution in [0.1, 0.15) is 28.4 Å². The van der Waals surface area contributed by atoms with Crippen molar-refractivity contribution in [2.24, 2.45) is 0 Å². The lowest BCUT2D eigenvalue weighted by molar-refractivity contribution is -0.141. The van der Waals surface area contributed by atoms with Crippen LogP contribution in [0.3, 0.4) is 0 Å². The summed E-state index contributed by atoms with van der Waals surface area (Å²) in [4.78, 5) is 23.6. The molecular weight excluding hydrogens is 294 g/mol. The van der Waals surface area contributed by atoms with Crippen molar-refractivity contribution in [3.8, 4) is 0 Å². The maximum Gasteiger partial charge on any atom is 0.307 e. The normalized spacial score (nSPS) is 11.7. The van der Waals surface area contributed by atoms with Crippen molar-refractivity contribution in [1.82, 2.24) is 5.32 Å². The van der Waals surface area contributed by atoms with Gasteiger partial charge in [0.05, 0.1) is 31.4 Å². The summed E-state index contributed by atoms with van der Waals surface area (Å²) in [6, 6.07) is 7.98. The van der Waals surface area contributed by atoms with Gasteiger partial charge in [0.25, 0.3) is 5.91 Å². The zero-order chi connectivity index (χ0) is 15.2. The molecule has 0 aliphatic carbocycles. The number of carbonyl (C=O) groups excluding carboxylic acids is 2. The van der Waals surface area contributed by atoms with E-state index in [0.717, 1.165) is 0 Å². The van der Waals surface area contributed by atoms with Gasteiger partial charge in [-0.15, -0.1) is 0 Å². The number of nitrogens with one attached hydrogen (secondary N) is 1. The van der Waals surface area contributed by atoms with Gasteiger partial charge in [-0.1, -0.05) is 29.8 Å². The Kier molecular flexibility index (Phi) is 5.00. The first-order chi connectivity index (χ1) is 10.1. The zero-order valence-corrected chi connectivity index (χ0v) is 12.1. The maximum atomic E-state index is 12.1. The molecule has 1 amide bonds. The SMILES string of the molecule is COC(=O)C[C@@H](NC(=O)c1ccoc1)c1ccccc1Cl. The van der Waals surface area contributed by atoms with Gasteiger partial charge in [-0.3, -0.25) is 9.59 Å². The molecule has 1 atom stereocenters. The number of furan rings is 1. The Morgan fingerprint density at radius 3 is 2.71 bits per heavy atom. The third-order valence-electron chi connectivity index (χ3n) is 2.97. The molecular formula is C15H14ClNO4. The van der Waals surface area contributed by atoms with Crippen molar-refractivity contribution >= 4 is 23.5 Å². The Labute approximate surface area is 126 Å². The predicted octanol–water partition coefficient (Wildman–Crippen LogP) is 2.97. The standard InChI is InChI=1S/C15H14ClNO4/c1-20-14(18)8-13(11-4-2-3-5-12(11)16)17-15(19)10-6-7-21-9-10/h2-7,9,13H,8H2,1H3,(H,17,19)/t13-/m1/s1. The van der Waals surface area contributed by atoms with Crippen molar-refractivity contribution in [1.29, 1.82) is 0 Å². The number of ether oxygens (including phenoxy) is 1. The molecule has 2 aromatic rings. The number of carbonyl (C=O) groups is 2. The zero-order valence-electron chi connectivity index (χ0n) is 11.3. The molecule has 5 nitrogen and oxygen atoms in total. The summed E-state index contributed by atoms with van der Waals surface area (Å²) in [7, 11) is 1.30. The fraction of sp³-hybridized carbons (Fsp3) is 0.200. The first kappa shape index (κ1) is 15.1. The van der Waals surface area contributed by atoms with Crippen LogP contribution in [0.25, 0.3) is 0 Å². The van der Waals surface area contributed by atoms with E-state index >= 15 is 0 Å². The summed E-state index contributed by atoms with van der Waals surface area (Å²) >= 11 is 6.13. The van der Waals surface area contributed by atoms with E-state index in [1.807, 2.05) is 0 Å². The monoisotopic (exact) mass is 307 g/mol. The second-order valence-corrected chi connectivity index (χ2v) is 4.75. The molecule has 6 heteroatoms. The molecule has 110 valence electrons. The number of esters is 1. The number of rotatable bonds is 5. The van der Waals surface area contributed by atoms with Gasteiger partial charge in [0.15, 0.2) is 0 Å². The summed E-state index contributed by atoms with van der Waals surface area (Å²) < 4.78 is 9.53. The van der Waals surface area contributed by atoms with Gasteiger partial charge < -0.3 is 14.5 Å². The third-order valence-corrected chi connectivity index (χ3v) is 3.31. The van der Waals surface area contributed by atoms with Crippen molar-refractivity contribution < 1.29 is 18.7 Å². The van der Waals surface area contributed by atoms with E-state index in [0.29, 0.717) is 16.1 Å². The molecule has 0 radical (unpaired) electrons. The van der Waals surface area contributed by atoms with Gasteiger partial charge in [0.1, 0.15) is 6.26 Å². The number of hydrogen-bond donors (Lipinski definition) is 1. The van der Waals surface area contributed by atoms with E-state index in [2.05, 4.69) is 10.1 Å². The molecule has 0 fully saturated rings. The van der Waals surface area contributed by atoms with Crippen LogP contribution >= 0.6 is 11.6 Å². The fourth-order valence-corrected chi connectivity index (χ4v) is 2.15. The van der Waals surface area contributed by atoms with Crippen LogP contribution in [0.5, 0.6) is 0 Å². The number of hydrogen-bond acceptors (Lipinski definition) is 4. The molecule has 0 saturated carbocycles. The molecule has 0 bridgehead atoms. The Morgan fingerprint density at radius 2 is 2.10 bits per heavy atom. The highest BCUT2D eigenvalue weighted by molar-refractivity contribution is 6.31. The lowest BCUT2D eigenvalue weighted by atomic mass is 10.0. The molecule has 2 rings (SSSR count). The Bertz CT molecular complexity index is 624. The van der Waals surface area contributed by atoms with Crippen LogP contribution in [-0.2, 0) is 9.53 Å². The van der Waals surface area contributed by atoms with Crippen LogP contribution < -0.4 is 5.32 Å². The molecule has 1 aromatic heterocycles. The number of halogens is 1. The van der Waals surface area contributed by atoms with Crippen LogP contribution in [0, 0.1) is 0 Å². The predicted molar refractivity (Wildman–Crippen MR) is 77.0 cm³/mol. The van der Waals surface area contributed by atoms with E-state index in [4.69, 9.17) is 16.0 Å². The van der Waals surface area contributed by atoms with E-state index in [1.54, 1.807) is 24.3 Å². The smallest absolute Gasteiger partial charge is 0.307 e. The molecule has 0 aliphatic rings. The van der Waals surface area contributed by atoms with Gasteiger partial charge in [0.2, 0.25) is 0 Å². The largest absolute Gasteiger partial charge is 0.472 e. The first-order valence-electron chi connectivity index (χ1n) is 6.26. The second-order valence-electron chi connectivity index (χ2n) is 4.34. The maximum absolute atomic E-state index is 12.1. The molecule has 0 spiro atoms. The van der Waals surface area contributed by atoms with Crippen molar-refractivity contribution in [3.63, 3.8) is 0 Å².